The standard InChI is InChI=1S/C23H21N3O2/c1-4-9-16(10-5-2)21-24-22(17-11-7-6-8-12-17)26-23(25-21)19-14-13-18(28-3)15-20(19)27/h4-15,27H,1H2,2-3H3/b10-5-,16-9+. The van der Waals surface area contributed by atoms with Crippen molar-refractivity contribution < 1.29 is 9.84 Å². The first kappa shape index (κ1) is 19.0. The normalized spacial score (nSPS) is 11.6. The summed E-state index contributed by atoms with van der Waals surface area (Å²) in [6, 6.07) is 14.7. The van der Waals surface area contributed by atoms with Gasteiger partial charge >= 0.3 is 0 Å². The molecule has 0 fully saturated rings. The molecule has 28 heavy (non-hydrogen) atoms. The van der Waals surface area contributed by atoms with Gasteiger partial charge in [-0.3, -0.25) is 0 Å². The van der Waals surface area contributed by atoms with Gasteiger partial charge in [-0.15, -0.1) is 0 Å². The molecule has 1 N–H and O–H groups in total. The van der Waals surface area contributed by atoms with Gasteiger partial charge in [0, 0.05) is 17.2 Å². The molecule has 1 heterocycles. The van der Waals surface area contributed by atoms with Gasteiger partial charge in [-0.25, -0.2) is 15.0 Å². The summed E-state index contributed by atoms with van der Waals surface area (Å²) in [5.41, 5.74) is 2.16. The Kier molecular flexibility index (Phi) is 5.97. The highest BCUT2D eigenvalue weighted by molar-refractivity contribution is 5.74. The third-order valence-electron chi connectivity index (χ3n) is 4.02. The lowest BCUT2D eigenvalue weighted by atomic mass is 10.1. The van der Waals surface area contributed by atoms with Crippen molar-refractivity contribution in [1.29, 1.82) is 0 Å². The van der Waals surface area contributed by atoms with Gasteiger partial charge in [-0.2, -0.15) is 0 Å². The molecule has 0 amide bonds. The van der Waals surface area contributed by atoms with E-state index in [0.717, 1.165) is 11.1 Å². The maximum Gasteiger partial charge on any atom is 0.167 e. The van der Waals surface area contributed by atoms with Crippen molar-refractivity contribution in [3.63, 3.8) is 0 Å². The minimum Gasteiger partial charge on any atom is -0.507 e. The molecule has 0 atom stereocenters. The van der Waals surface area contributed by atoms with Crippen LogP contribution in [0.3, 0.4) is 0 Å². The lowest BCUT2D eigenvalue weighted by Crippen LogP contribution is -2.02. The Morgan fingerprint density at radius 3 is 2.43 bits per heavy atom. The number of aromatic nitrogens is 3. The highest BCUT2D eigenvalue weighted by atomic mass is 16.5. The Hall–Kier alpha value is -3.73. The fraction of sp³-hybridized carbons (Fsp3) is 0.0870. The van der Waals surface area contributed by atoms with E-state index in [1.807, 2.05) is 55.5 Å². The molecule has 0 saturated carbocycles. The number of methoxy groups -OCH3 is 1. The maximum atomic E-state index is 10.4. The van der Waals surface area contributed by atoms with Crippen LogP contribution in [0.5, 0.6) is 11.5 Å². The second kappa shape index (κ2) is 8.77. The fourth-order valence-electron chi connectivity index (χ4n) is 2.68. The van der Waals surface area contributed by atoms with Crippen LogP contribution in [0.4, 0.5) is 0 Å². The number of aromatic hydroxyl groups is 1. The Bertz CT molecular complexity index is 1040. The van der Waals surface area contributed by atoms with E-state index in [2.05, 4.69) is 21.5 Å². The monoisotopic (exact) mass is 371 g/mol. The molecule has 0 spiro atoms. The summed E-state index contributed by atoms with van der Waals surface area (Å²) in [5.74, 6) is 1.99. The van der Waals surface area contributed by atoms with Gasteiger partial charge in [0.25, 0.3) is 0 Å². The smallest absolute Gasteiger partial charge is 0.167 e. The molecule has 0 saturated heterocycles. The van der Waals surface area contributed by atoms with Gasteiger partial charge in [0.1, 0.15) is 11.5 Å². The van der Waals surface area contributed by atoms with Crippen LogP contribution in [0, 0.1) is 0 Å². The molecule has 0 aliphatic rings. The fourth-order valence-corrected chi connectivity index (χ4v) is 2.68. The van der Waals surface area contributed by atoms with E-state index in [4.69, 9.17) is 4.74 Å². The van der Waals surface area contributed by atoms with Crippen LogP contribution in [0.1, 0.15) is 12.7 Å². The third kappa shape index (κ3) is 4.15. The van der Waals surface area contributed by atoms with Crippen LogP contribution in [-0.2, 0) is 0 Å². The highest BCUT2D eigenvalue weighted by Gasteiger charge is 2.15. The third-order valence-corrected chi connectivity index (χ3v) is 4.02. The Morgan fingerprint density at radius 1 is 1.04 bits per heavy atom. The zero-order valence-electron chi connectivity index (χ0n) is 15.8. The SMILES string of the molecule is C=C/C=C(\C=C/C)c1nc(-c2ccccc2)nc(-c2ccc(OC)cc2O)n1. The maximum absolute atomic E-state index is 10.4. The minimum absolute atomic E-state index is 0.0378. The van der Waals surface area contributed by atoms with Gasteiger partial charge in [0.2, 0.25) is 0 Å². The molecule has 5 nitrogen and oxygen atoms in total. The number of phenolic OH excluding ortho intramolecular Hbond substituents is 1. The van der Waals surface area contributed by atoms with Gasteiger partial charge in [0.05, 0.1) is 12.7 Å². The second-order valence-electron chi connectivity index (χ2n) is 5.91. The van der Waals surface area contributed by atoms with E-state index in [1.54, 1.807) is 25.3 Å². The Labute approximate surface area is 164 Å². The van der Waals surface area contributed by atoms with E-state index < -0.39 is 0 Å². The van der Waals surface area contributed by atoms with Crippen molar-refractivity contribution in [3.05, 3.63) is 85.2 Å². The van der Waals surface area contributed by atoms with Gasteiger partial charge in [0.15, 0.2) is 17.5 Å². The van der Waals surface area contributed by atoms with E-state index in [0.29, 0.717) is 28.8 Å². The summed E-state index contributed by atoms with van der Waals surface area (Å²) < 4.78 is 5.16. The van der Waals surface area contributed by atoms with Crippen LogP contribution in [0.15, 0.2) is 79.4 Å². The van der Waals surface area contributed by atoms with Crippen molar-refractivity contribution >= 4 is 5.57 Å². The van der Waals surface area contributed by atoms with Crippen molar-refractivity contribution in [2.24, 2.45) is 0 Å². The van der Waals surface area contributed by atoms with E-state index in [1.165, 1.54) is 6.07 Å². The number of rotatable bonds is 6. The van der Waals surface area contributed by atoms with Gasteiger partial charge < -0.3 is 9.84 Å². The van der Waals surface area contributed by atoms with E-state index in [-0.39, 0.29) is 5.75 Å². The molecule has 0 bridgehead atoms. The average molecular weight is 371 g/mol. The van der Waals surface area contributed by atoms with E-state index in [9.17, 15) is 5.11 Å². The number of allylic oxidation sites excluding steroid dienone is 5. The molecular weight excluding hydrogens is 350 g/mol. The number of phenols is 1. The molecule has 140 valence electrons. The van der Waals surface area contributed by atoms with Crippen molar-refractivity contribution in [3.8, 4) is 34.3 Å². The lowest BCUT2D eigenvalue weighted by molar-refractivity contribution is 0.408. The van der Waals surface area contributed by atoms with Crippen molar-refractivity contribution in [2.75, 3.05) is 7.11 Å². The Balaban J connectivity index is 2.23. The summed E-state index contributed by atoms with van der Waals surface area (Å²) in [4.78, 5) is 13.8. The van der Waals surface area contributed by atoms with Crippen LogP contribution in [-0.4, -0.2) is 27.2 Å². The number of benzene rings is 2. The number of nitrogens with zero attached hydrogens (tertiary/aromatic N) is 3. The average Bonchev–Trinajstić information content (AvgIpc) is 2.73. The Morgan fingerprint density at radius 2 is 1.79 bits per heavy atom. The van der Waals surface area contributed by atoms with Crippen molar-refractivity contribution in [1.82, 2.24) is 15.0 Å². The molecule has 0 aliphatic carbocycles. The predicted molar refractivity (Wildman–Crippen MR) is 112 cm³/mol. The minimum atomic E-state index is 0.0378. The van der Waals surface area contributed by atoms with Crippen molar-refractivity contribution in [2.45, 2.75) is 6.92 Å². The quantitative estimate of drug-likeness (QED) is 0.613. The summed E-state index contributed by atoms with van der Waals surface area (Å²) in [6.07, 6.45) is 7.34. The first-order chi connectivity index (χ1) is 13.7. The van der Waals surface area contributed by atoms with Gasteiger partial charge in [-0.05, 0) is 19.1 Å². The summed E-state index contributed by atoms with van der Waals surface area (Å²) in [6.45, 7) is 5.69. The van der Waals surface area contributed by atoms with E-state index >= 15 is 0 Å². The number of ether oxygens (including phenoxy) is 1. The number of hydrogen-bond donors (Lipinski definition) is 1. The zero-order chi connectivity index (χ0) is 19.9. The number of hydrogen-bond acceptors (Lipinski definition) is 5. The molecule has 5 heteroatoms. The zero-order valence-corrected chi connectivity index (χ0v) is 15.8. The summed E-state index contributed by atoms with van der Waals surface area (Å²) in [5, 5.41) is 10.4. The molecule has 3 aromatic rings. The molecular formula is C23H21N3O2. The first-order valence-corrected chi connectivity index (χ1v) is 8.81. The van der Waals surface area contributed by atoms with Crippen LogP contribution in [0.2, 0.25) is 0 Å². The molecule has 2 aromatic carbocycles. The topological polar surface area (TPSA) is 68.1 Å². The van der Waals surface area contributed by atoms with Gasteiger partial charge in [-0.1, -0.05) is 61.2 Å². The van der Waals surface area contributed by atoms with Crippen LogP contribution < -0.4 is 4.74 Å². The summed E-state index contributed by atoms with van der Waals surface area (Å²) in [7, 11) is 1.55. The first-order valence-electron chi connectivity index (χ1n) is 8.81. The largest absolute Gasteiger partial charge is 0.507 e. The van der Waals surface area contributed by atoms with Crippen LogP contribution >= 0.6 is 0 Å². The molecule has 0 radical (unpaired) electrons. The molecule has 0 aliphatic heterocycles. The second-order valence-corrected chi connectivity index (χ2v) is 5.91. The molecule has 0 unspecified atom stereocenters. The lowest BCUT2D eigenvalue weighted by Gasteiger charge is -2.10. The highest BCUT2D eigenvalue weighted by Crippen LogP contribution is 2.32. The predicted octanol–water partition coefficient (Wildman–Crippen LogP) is 5.07. The molecule has 1 aromatic heterocycles. The summed E-state index contributed by atoms with van der Waals surface area (Å²) >= 11 is 0. The van der Waals surface area contributed by atoms with Crippen LogP contribution in [0.25, 0.3) is 28.3 Å². The molecule has 3 rings (SSSR count).